The molecule has 5 atom stereocenters. The van der Waals surface area contributed by atoms with Gasteiger partial charge in [0.15, 0.2) is 12.2 Å². The number of nitrogens with one attached hydrogen (secondary N) is 1. The van der Waals surface area contributed by atoms with Crippen LogP contribution >= 0.6 is 0 Å². The van der Waals surface area contributed by atoms with Crippen LogP contribution in [0.15, 0.2) is 54.6 Å². The Morgan fingerprint density at radius 1 is 0.784 bits per heavy atom. The molecule has 0 unspecified atom stereocenters. The van der Waals surface area contributed by atoms with E-state index in [4.69, 9.17) is 37.9 Å². The van der Waals surface area contributed by atoms with E-state index in [1.165, 1.54) is 6.92 Å². The van der Waals surface area contributed by atoms with Crippen LogP contribution in [0.1, 0.15) is 76.3 Å². The third-order valence-corrected chi connectivity index (χ3v) is 7.73. The van der Waals surface area contributed by atoms with E-state index in [0.717, 1.165) is 44.0 Å². The number of carbonyl (C=O) groups excluding carboxylic acids is 4. The summed E-state index contributed by atoms with van der Waals surface area (Å²) in [5.41, 5.74) is 3.57. The monoisotopic (exact) mass is 710 g/mol. The predicted octanol–water partition coefficient (Wildman–Crippen LogP) is 4.57. The molecule has 2 aromatic carbocycles. The quantitative estimate of drug-likeness (QED) is 0.118. The van der Waals surface area contributed by atoms with E-state index in [-0.39, 0.29) is 18.4 Å². The number of esters is 4. The minimum absolute atomic E-state index is 0.0203. The summed E-state index contributed by atoms with van der Waals surface area (Å²) in [5.74, 6) is -1.94. The number of ether oxygens (including phenoxy) is 8. The lowest BCUT2D eigenvalue weighted by atomic mass is 9.97. The van der Waals surface area contributed by atoms with E-state index in [2.05, 4.69) is 10.2 Å². The van der Waals surface area contributed by atoms with Crippen molar-refractivity contribution in [1.82, 2.24) is 10.2 Å². The number of hydrogen-bond acceptors (Lipinski definition) is 13. The number of rotatable bonds is 17. The van der Waals surface area contributed by atoms with Gasteiger partial charge in [0.1, 0.15) is 18.5 Å². The molecule has 1 N–H and O–H groups in total. The van der Waals surface area contributed by atoms with Crippen molar-refractivity contribution in [2.45, 2.75) is 97.6 Å². The molecule has 0 aliphatic carbocycles. The lowest BCUT2D eigenvalue weighted by Gasteiger charge is -2.43. The Hall–Kier alpha value is -4.95. The van der Waals surface area contributed by atoms with Crippen molar-refractivity contribution in [1.29, 1.82) is 0 Å². The third-order valence-electron chi connectivity index (χ3n) is 7.73. The number of nitrogens with zero attached hydrogens (tertiary/aromatic N) is 1. The van der Waals surface area contributed by atoms with Gasteiger partial charge < -0.3 is 37.9 Å². The maximum Gasteiger partial charge on any atom is 0.303 e. The van der Waals surface area contributed by atoms with Crippen LogP contribution in [0.3, 0.4) is 0 Å². The van der Waals surface area contributed by atoms with Gasteiger partial charge in [-0.2, -0.15) is 0 Å². The van der Waals surface area contributed by atoms with Crippen LogP contribution in [-0.2, 0) is 60.6 Å². The van der Waals surface area contributed by atoms with E-state index in [1.54, 1.807) is 0 Å². The van der Waals surface area contributed by atoms with Crippen LogP contribution in [0, 0.1) is 0 Å². The molecule has 276 valence electrons. The largest absolute Gasteiger partial charge is 0.494 e. The summed E-state index contributed by atoms with van der Waals surface area (Å²) in [7, 11) is 0. The zero-order chi connectivity index (χ0) is 36.9. The van der Waals surface area contributed by atoms with Crippen molar-refractivity contribution in [2.75, 3.05) is 19.8 Å². The maximum atomic E-state index is 12.3. The minimum atomic E-state index is -1.42. The molecule has 0 spiro atoms. The zero-order valence-electron chi connectivity index (χ0n) is 29.7. The fourth-order valence-electron chi connectivity index (χ4n) is 5.52. The maximum absolute atomic E-state index is 12.3. The second-order valence-corrected chi connectivity index (χ2v) is 12.3. The van der Waals surface area contributed by atoms with Gasteiger partial charge in [0, 0.05) is 51.8 Å². The van der Waals surface area contributed by atoms with Gasteiger partial charge in [-0.05, 0) is 29.2 Å². The van der Waals surface area contributed by atoms with Crippen LogP contribution in [0.25, 0.3) is 0 Å². The summed E-state index contributed by atoms with van der Waals surface area (Å²) in [6, 6.07) is 17.6. The Labute approximate surface area is 297 Å². The van der Waals surface area contributed by atoms with Crippen molar-refractivity contribution < 1.29 is 57.1 Å². The first-order valence-electron chi connectivity index (χ1n) is 16.8. The van der Waals surface area contributed by atoms with Gasteiger partial charge in [0.05, 0.1) is 19.8 Å². The molecule has 1 aromatic heterocycles. The summed E-state index contributed by atoms with van der Waals surface area (Å²) in [6.07, 6.45) is -5.50. The van der Waals surface area contributed by atoms with E-state index in [9.17, 15) is 19.2 Å². The fraction of sp³-hybridized carbons (Fsp3) is 0.486. The highest BCUT2D eigenvalue weighted by molar-refractivity contribution is 5.68. The fourth-order valence-corrected chi connectivity index (χ4v) is 5.52. The van der Waals surface area contributed by atoms with Crippen molar-refractivity contribution in [3.63, 3.8) is 0 Å². The van der Waals surface area contributed by atoms with E-state index in [1.807, 2.05) is 68.4 Å². The number of benzene rings is 2. The number of aromatic nitrogens is 2. The highest BCUT2D eigenvalue weighted by Gasteiger charge is 2.53. The molecule has 0 radical (unpaired) electrons. The van der Waals surface area contributed by atoms with Crippen molar-refractivity contribution in [2.24, 2.45) is 0 Å². The highest BCUT2D eigenvalue weighted by atomic mass is 16.7. The van der Waals surface area contributed by atoms with Crippen LogP contribution in [0.2, 0.25) is 0 Å². The minimum Gasteiger partial charge on any atom is -0.494 e. The van der Waals surface area contributed by atoms with Gasteiger partial charge >= 0.3 is 23.9 Å². The standard InChI is InChI=1S/C37H46N2O12/c1-22(2)32-30(19-27-13-15-29(16-14-27)45-18-10-17-44-20-28-11-8-7-9-12-28)36(39-38-32)51-37-35(49-26(6)43)34(48-25(5)42)33(47-24(4)41)31(50-37)21-46-23(3)40/h7-9,11-16,22,31,33-35,37H,10,17-21H2,1-6H3,(H,38,39)/t31-,33-,34+,35-,37+/m1/s1. The summed E-state index contributed by atoms with van der Waals surface area (Å²) < 4.78 is 45.8. The molecule has 14 nitrogen and oxygen atoms in total. The molecule has 51 heavy (non-hydrogen) atoms. The summed E-state index contributed by atoms with van der Waals surface area (Å²) in [5, 5.41) is 7.45. The van der Waals surface area contributed by atoms with Gasteiger partial charge in [0.25, 0.3) is 0 Å². The Morgan fingerprint density at radius 2 is 1.43 bits per heavy atom. The molecule has 0 bridgehead atoms. The van der Waals surface area contributed by atoms with Crippen molar-refractivity contribution >= 4 is 23.9 Å². The first-order valence-corrected chi connectivity index (χ1v) is 16.8. The van der Waals surface area contributed by atoms with Gasteiger partial charge in [-0.3, -0.25) is 24.3 Å². The molecule has 1 saturated heterocycles. The molecule has 2 heterocycles. The Bertz CT molecular complexity index is 1590. The first kappa shape index (κ1) is 38.8. The molecule has 1 aliphatic heterocycles. The summed E-state index contributed by atoms with van der Waals surface area (Å²) >= 11 is 0. The molecular formula is C37H46N2O12. The molecule has 4 rings (SSSR count). The van der Waals surface area contributed by atoms with E-state index >= 15 is 0 Å². The number of hydrogen-bond donors (Lipinski definition) is 1. The molecule has 3 aromatic rings. The Kier molecular flexibility index (Phi) is 14.4. The van der Waals surface area contributed by atoms with Crippen molar-refractivity contribution in [3.8, 4) is 11.6 Å². The molecule has 1 fully saturated rings. The predicted molar refractivity (Wildman–Crippen MR) is 181 cm³/mol. The van der Waals surface area contributed by atoms with Gasteiger partial charge in [-0.15, -0.1) is 5.10 Å². The third kappa shape index (κ3) is 11.8. The number of aromatic amines is 1. The van der Waals surface area contributed by atoms with E-state index < -0.39 is 54.6 Å². The van der Waals surface area contributed by atoms with E-state index in [0.29, 0.717) is 37.6 Å². The second-order valence-electron chi connectivity index (χ2n) is 12.3. The number of carbonyl (C=O) groups is 4. The normalized spacial score (nSPS) is 19.9. The highest BCUT2D eigenvalue weighted by Crippen LogP contribution is 2.34. The van der Waals surface area contributed by atoms with Crippen LogP contribution in [-0.4, -0.2) is 84.6 Å². The van der Waals surface area contributed by atoms with Gasteiger partial charge in [-0.25, -0.2) is 0 Å². The summed E-state index contributed by atoms with van der Waals surface area (Å²) in [6.45, 7) is 9.93. The lowest BCUT2D eigenvalue weighted by molar-refractivity contribution is -0.289. The van der Waals surface area contributed by atoms with Crippen LogP contribution < -0.4 is 9.47 Å². The van der Waals surface area contributed by atoms with Gasteiger partial charge in [-0.1, -0.05) is 56.3 Å². The average Bonchev–Trinajstić information content (AvgIpc) is 3.47. The van der Waals surface area contributed by atoms with Gasteiger partial charge in [0.2, 0.25) is 18.3 Å². The molecule has 0 amide bonds. The Morgan fingerprint density at radius 3 is 2.06 bits per heavy atom. The second kappa shape index (κ2) is 18.9. The SMILES string of the molecule is CC(=O)OC[C@H]1O[C@@H](Oc2n[nH]c(C(C)C)c2Cc2ccc(OCCCOCc3ccccc3)cc2)[C@H](OC(C)=O)[C@@H](OC(C)=O)[C@@H]1OC(C)=O. The molecule has 14 heteroatoms. The lowest BCUT2D eigenvalue weighted by Crippen LogP contribution is -2.63. The molecule has 1 aliphatic rings. The smallest absolute Gasteiger partial charge is 0.303 e. The Balaban J connectivity index is 1.50. The molecular weight excluding hydrogens is 664 g/mol. The average molecular weight is 711 g/mol. The zero-order valence-corrected chi connectivity index (χ0v) is 29.7. The topological polar surface area (TPSA) is 171 Å². The van der Waals surface area contributed by atoms with Crippen LogP contribution in [0.5, 0.6) is 11.6 Å². The summed E-state index contributed by atoms with van der Waals surface area (Å²) in [4.78, 5) is 48.3. The van der Waals surface area contributed by atoms with Crippen LogP contribution in [0.4, 0.5) is 0 Å². The number of H-pyrrole nitrogens is 1. The van der Waals surface area contributed by atoms with Crippen molar-refractivity contribution in [3.05, 3.63) is 77.0 Å². The molecule has 0 saturated carbocycles. The first-order chi connectivity index (χ1) is 24.4.